The van der Waals surface area contributed by atoms with Crippen molar-refractivity contribution >= 4 is 0 Å². The third kappa shape index (κ3) is 0.738. The molecule has 0 amide bonds. The van der Waals surface area contributed by atoms with Gasteiger partial charge in [-0.3, -0.25) is 0 Å². The molecule has 1 atom stereocenters. The fourth-order valence-electron chi connectivity index (χ4n) is 0.678. The maximum atomic E-state index is 2.20. The molecule has 0 saturated heterocycles. The molecule has 0 N–H and O–H groups in total. The molecule has 0 heteroatoms. The second-order valence-corrected chi connectivity index (χ2v) is 2.08. The molecule has 0 heterocycles. The van der Waals surface area contributed by atoms with Gasteiger partial charge >= 0.3 is 0 Å². The second-order valence-electron chi connectivity index (χ2n) is 2.08. The van der Waals surface area contributed by atoms with Crippen LogP contribution in [0.5, 0.6) is 0 Å². The van der Waals surface area contributed by atoms with Crippen molar-refractivity contribution in [3.05, 3.63) is 23.8 Å². The van der Waals surface area contributed by atoms with Gasteiger partial charge in [-0.05, 0) is 12.8 Å². The molecule has 0 aromatic carbocycles. The number of rotatable bonds is 0. The summed E-state index contributed by atoms with van der Waals surface area (Å²) >= 11 is 0. The minimum Gasteiger partial charge on any atom is -0.0776 e. The Morgan fingerprint density at radius 2 is 2.29 bits per heavy atom. The molecule has 38 valence electrons. The van der Waals surface area contributed by atoms with Crippen molar-refractivity contribution in [1.29, 1.82) is 0 Å². The summed E-state index contributed by atoms with van der Waals surface area (Å²) in [5, 5.41) is 0. The molecule has 0 aliphatic heterocycles. The summed E-state index contributed by atoms with van der Waals surface area (Å²) in [6.45, 7) is 4.36. The zero-order chi connectivity index (χ0) is 5.28. The van der Waals surface area contributed by atoms with Crippen LogP contribution in [-0.2, 0) is 0 Å². The van der Waals surface area contributed by atoms with Crippen LogP contribution in [-0.4, -0.2) is 0 Å². The van der Waals surface area contributed by atoms with E-state index in [1.807, 2.05) is 0 Å². The number of hydrogen-bond donors (Lipinski definition) is 0. The van der Waals surface area contributed by atoms with E-state index in [-0.39, 0.29) is 0 Å². The van der Waals surface area contributed by atoms with Crippen LogP contribution in [0, 0.1) is 5.92 Å². The molecule has 0 aromatic heterocycles. The van der Waals surface area contributed by atoms with E-state index in [0.29, 0.717) is 5.92 Å². The van der Waals surface area contributed by atoms with E-state index in [1.54, 1.807) is 0 Å². The van der Waals surface area contributed by atoms with Crippen LogP contribution in [0.4, 0.5) is 0 Å². The van der Waals surface area contributed by atoms with Gasteiger partial charge in [0.25, 0.3) is 0 Å². The summed E-state index contributed by atoms with van der Waals surface area (Å²) in [5.41, 5.74) is 1.47. The van der Waals surface area contributed by atoms with Gasteiger partial charge in [0, 0.05) is 0 Å². The number of hydrogen-bond acceptors (Lipinski definition) is 0. The molecule has 0 nitrogen and oxygen atoms in total. The van der Waals surface area contributed by atoms with Crippen molar-refractivity contribution in [2.75, 3.05) is 0 Å². The molecular formula is C7H10. The monoisotopic (exact) mass is 94.1 g/mol. The smallest absolute Gasteiger partial charge is 0.00482 e. The van der Waals surface area contributed by atoms with Crippen LogP contribution < -0.4 is 0 Å². The van der Waals surface area contributed by atoms with E-state index in [0.717, 1.165) is 0 Å². The normalized spacial score (nSPS) is 28.3. The van der Waals surface area contributed by atoms with E-state index < -0.39 is 0 Å². The minimum atomic E-state index is 0.694. The lowest BCUT2D eigenvalue weighted by atomic mass is 10.1. The molecule has 0 spiro atoms. The van der Waals surface area contributed by atoms with E-state index in [2.05, 4.69) is 32.1 Å². The van der Waals surface area contributed by atoms with Crippen LogP contribution in [0.2, 0.25) is 0 Å². The van der Waals surface area contributed by atoms with Gasteiger partial charge < -0.3 is 0 Å². The maximum absolute atomic E-state index is 2.20. The standard InChI is InChI=1S/C7H10/c1-6-4-3-5-7(6)2/h3-6H,1-2H3/t6-/m1/s1. The second kappa shape index (κ2) is 1.53. The summed E-state index contributed by atoms with van der Waals surface area (Å²) in [7, 11) is 0. The van der Waals surface area contributed by atoms with Crippen LogP contribution in [0.25, 0.3) is 0 Å². The summed E-state index contributed by atoms with van der Waals surface area (Å²) in [4.78, 5) is 0. The Kier molecular flexibility index (Phi) is 1.01. The third-order valence-corrected chi connectivity index (χ3v) is 1.48. The van der Waals surface area contributed by atoms with Gasteiger partial charge in [-0.15, -0.1) is 0 Å². The zero-order valence-corrected chi connectivity index (χ0v) is 4.81. The van der Waals surface area contributed by atoms with Gasteiger partial charge in [0.15, 0.2) is 0 Å². The van der Waals surface area contributed by atoms with Crippen molar-refractivity contribution in [3.8, 4) is 0 Å². The Bertz CT molecular complexity index is 118. The third-order valence-electron chi connectivity index (χ3n) is 1.48. The summed E-state index contributed by atoms with van der Waals surface area (Å²) in [5.74, 6) is 0.694. The van der Waals surface area contributed by atoms with E-state index in [1.165, 1.54) is 5.57 Å². The van der Waals surface area contributed by atoms with Crippen molar-refractivity contribution in [1.82, 2.24) is 0 Å². The summed E-state index contributed by atoms with van der Waals surface area (Å²) < 4.78 is 0. The molecule has 0 bridgehead atoms. The van der Waals surface area contributed by atoms with Crippen molar-refractivity contribution in [3.63, 3.8) is 0 Å². The molecule has 1 aliphatic carbocycles. The first-order valence-corrected chi connectivity index (χ1v) is 2.65. The quantitative estimate of drug-likeness (QED) is 0.431. The Morgan fingerprint density at radius 1 is 1.57 bits per heavy atom. The Morgan fingerprint density at radius 3 is 2.43 bits per heavy atom. The highest BCUT2D eigenvalue weighted by atomic mass is 14.1. The van der Waals surface area contributed by atoms with E-state index >= 15 is 0 Å². The minimum absolute atomic E-state index is 0.694. The maximum Gasteiger partial charge on any atom is -0.00482 e. The predicted octanol–water partition coefficient (Wildman–Crippen LogP) is 2.14. The SMILES string of the molecule is CC1=CC=C[C@H]1C. The van der Waals surface area contributed by atoms with Gasteiger partial charge in [-0.1, -0.05) is 30.7 Å². The molecule has 7 heavy (non-hydrogen) atoms. The van der Waals surface area contributed by atoms with Gasteiger partial charge in [0.2, 0.25) is 0 Å². The predicted molar refractivity (Wildman–Crippen MR) is 32.1 cm³/mol. The molecular weight excluding hydrogens is 84.1 g/mol. The van der Waals surface area contributed by atoms with Crippen LogP contribution >= 0.6 is 0 Å². The fourth-order valence-corrected chi connectivity index (χ4v) is 0.678. The molecule has 0 fully saturated rings. The van der Waals surface area contributed by atoms with Crippen LogP contribution in [0.15, 0.2) is 23.8 Å². The van der Waals surface area contributed by atoms with Gasteiger partial charge in [-0.2, -0.15) is 0 Å². The average Bonchev–Trinajstić information content (AvgIpc) is 1.91. The topological polar surface area (TPSA) is 0 Å². The van der Waals surface area contributed by atoms with Crippen molar-refractivity contribution < 1.29 is 0 Å². The largest absolute Gasteiger partial charge is 0.0776 e. The first-order chi connectivity index (χ1) is 3.30. The fraction of sp³-hybridized carbons (Fsp3) is 0.429. The highest BCUT2D eigenvalue weighted by molar-refractivity contribution is 5.24. The number of allylic oxidation sites excluding steroid dienone is 4. The lowest BCUT2D eigenvalue weighted by Gasteiger charge is -1.96. The average molecular weight is 94.2 g/mol. The lowest BCUT2D eigenvalue weighted by Crippen LogP contribution is -1.83. The summed E-state index contributed by atoms with van der Waals surface area (Å²) in [6.07, 6.45) is 6.47. The molecule has 0 radical (unpaired) electrons. The highest BCUT2D eigenvalue weighted by Gasteiger charge is 2.00. The first kappa shape index (κ1) is 4.63. The Balaban J connectivity index is 2.69. The van der Waals surface area contributed by atoms with Gasteiger partial charge in [0.1, 0.15) is 0 Å². The molecule has 1 aliphatic rings. The molecule has 0 saturated carbocycles. The van der Waals surface area contributed by atoms with Crippen LogP contribution in [0.3, 0.4) is 0 Å². The molecule has 1 rings (SSSR count). The first-order valence-electron chi connectivity index (χ1n) is 2.65. The van der Waals surface area contributed by atoms with E-state index in [4.69, 9.17) is 0 Å². The van der Waals surface area contributed by atoms with Crippen molar-refractivity contribution in [2.24, 2.45) is 5.92 Å². The van der Waals surface area contributed by atoms with Crippen LogP contribution in [0.1, 0.15) is 13.8 Å². The van der Waals surface area contributed by atoms with E-state index in [9.17, 15) is 0 Å². The molecule has 0 unspecified atom stereocenters. The Hall–Kier alpha value is -0.520. The molecule has 0 aromatic rings. The zero-order valence-electron chi connectivity index (χ0n) is 4.81. The highest BCUT2D eigenvalue weighted by Crippen LogP contribution is 2.16. The summed E-state index contributed by atoms with van der Waals surface area (Å²) in [6, 6.07) is 0. The van der Waals surface area contributed by atoms with Gasteiger partial charge in [-0.25, -0.2) is 0 Å². The lowest BCUT2D eigenvalue weighted by molar-refractivity contribution is 0.882. The van der Waals surface area contributed by atoms with Crippen molar-refractivity contribution in [2.45, 2.75) is 13.8 Å². The Labute approximate surface area is 44.5 Å². The van der Waals surface area contributed by atoms with Gasteiger partial charge in [0.05, 0.1) is 0 Å².